The van der Waals surface area contributed by atoms with E-state index in [9.17, 15) is 18.0 Å². The van der Waals surface area contributed by atoms with Gasteiger partial charge in [0.2, 0.25) is 5.91 Å². The summed E-state index contributed by atoms with van der Waals surface area (Å²) in [7, 11) is -3.93. The standard InChI is InChI=1S/C25H34N4O4S/c1-18-9-7-8-12-24(18)29-34(32,33)23-16-20(25(31)27-14-13-26-19(2)30)15-22(17-23)28-21-10-5-3-4-6-11-21/h7-9,12,15-17,21,28-29H,3-6,10-11,13-14H2,1-2H3,(H,26,30)(H,27,31). The summed E-state index contributed by atoms with van der Waals surface area (Å²) in [6.45, 7) is 3.77. The van der Waals surface area contributed by atoms with Crippen LogP contribution in [0.5, 0.6) is 0 Å². The van der Waals surface area contributed by atoms with Gasteiger partial charge in [0.15, 0.2) is 0 Å². The van der Waals surface area contributed by atoms with Gasteiger partial charge in [-0.1, -0.05) is 43.9 Å². The number of carbonyl (C=O) groups excluding carboxylic acids is 2. The molecule has 0 radical (unpaired) electrons. The van der Waals surface area contributed by atoms with E-state index < -0.39 is 15.9 Å². The summed E-state index contributed by atoms with van der Waals surface area (Å²) in [6.07, 6.45) is 6.68. The minimum absolute atomic E-state index is 0.0152. The second kappa shape index (κ2) is 11.9. The largest absolute Gasteiger partial charge is 0.382 e. The van der Waals surface area contributed by atoms with E-state index in [2.05, 4.69) is 20.7 Å². The van der Waals surface area contributed by atoms with Crippen LogP contribution in [0.3, 0.4) is 0 Å². The molecule has 9 heteroatoms. The van der Waals surface area contributed by atoms with E-state index in [-0.39, 0.29) is 29.0 Å². The molecule has 3 rings (SSSR count). The van der Waals surface area contributed by atoms with Crippen molar-refractivity contribution in [2.75, 3.05) is 23.1 Å². The van der Waals surface area contributed by atoms with Gasteiger partial charge in [0, 0.05) is 37.3 Å². The Labute approximate surface area is 202 Å². The number of amides is 2. The van der Waals surface area contributed by atoms with Crippen LogP contribution in [-0.4, -0.2) is 39.4 Å². The van der Waals surface area contributed by atoms with Gasteiger partial charge >= 0.3 is 0 Å². The fourth-order valence-electron chi connectivity index (χ4n) is 4.04. The zero-order valence-electron chi connectivity index (χ0n) is 19.8. The van der Waals surface area contributed by atoms with Gasteiger partial charge in [0.1, 0.15) is 0 Å². The average molecular weight is 487 g/mol. The van der Waals surface area contributed by atoms with Gasteiger partial charge in [-0.3, -0.25) is 14.3 Å². The minimum Gasteiger partial charge on any atom is -0.382 e. The smallest absolute Gasteiger partial charge is 0.262 e. The molecule has 0 bridgehead atoms. The molecule has 0 spiro atoms. The number of benzene rings is 2. The molecule has 2 aromatic rings. The third-order valence-electron chi connectivity index (χ3n) is 5.88. The molecular formula is C25H34N4O4S. The van der Waals surface area contributed by atoms with E-state index in [1.165, 1.54) is 25.8 Å². The Hall–Kier alpha value is -3.07. The Bertz CT molecular complexity index is 1110. The number of hydrogen-bond acceptors (Lipinski definition) is 5. The highest BCUT2D eigenvalue weighted by Crippen LogP contribution is 2.26. The first-order chi connectivity index (χ1) is 16.2. The predicted octanol–water partition coefficient (Wildman–Crippen LogP) is 3.80. The lowest BCUT2D eigenvalue weighted by Gasteiger charge is -2.19. The van der Waals surface area contributed by atoms with Crippen LogP contribution in [0.25, 0.3) is 0 Å². The highest BCUT2D eigenvalue weighted by Gasteiger charge is 2.21. The van der Waals surface area contributed by atoms with Crippen molar-refractivity contribution in [2.24, 2.45) is 0 Å². The third-order valence-corrected chi connectivity index (χ3v) is 7.22. The Balaban J connectivity index is 1.87. The number of anilines is 2. The van der Waals surface area contributed by atoms with E-state index in [1.54, 1.807) is 24.3 Å². The van der Waals surface area contributed by atoms with E-state index in [0.29, 0.717) is 17.9 Å². The molecule has 1 saturated carbocycles. The number of nitrogens with one attached hydrogen (secondary N) is 4. The van der Waals surface area contributed by atoms with Gasteiger partial charge < -0.3 is 16.0 Å². The van der Waals surface area contributed by atoms with Crippen LogP contribution in [0, 0.1) is 6.92 Å². The van der Waals surface area contributed by atoms with Crippen LogP contribution in [-0.2, 0) is 14.8 Å². The molecule has 2 aromatic carbocycles. The molecule has 0 aromatic heterocycles. The normalized spacial score (nSPS) is 14.6. The van der Waals surface area contributed by atoms with Crippen molar-refractivity contribution in [1.29, 1.82) is 0 Å². The number of hydrogen-bond donors (Lipinski definition) is 4. The van der Waals surface area contributed by atoms with Crippen molar-refractivity contribution in [3.05, 3.63) is 53.6 Å². The van der Waals surface area contributed by atoms with Crippen LogP contribution in [0.4, 0.5) is 11.4 Å². The summed E-state index contributed by atoms with van der Waals surface area (Å²) >= 11 is 0. The molecule has 184 valence electrons. The third kappa shape index (κ3) is 7.48. The Morgan fingerprint density at radius 2 is 1.62 bits per heavy atom. The van der Waals surface area contributed by atoms with Gasteiger partial charge in [0.05, 0.1) is 10.6 Å². The molecule has 0 atom stereocenters. The summed E-state index contributed by atoms with van der Waals surface area (Å²) in [5, 5.41) is 8.81. The molecule has 0 heterocycles. The van der Waals surface area contributed by atoms with Crippen molar-refractivity contribution in [3.63, 3.8) is 0 Å². The zero-order chi connectivity index (χ0) is 24.6. The van der Waals surface area contributed by atoms with Crippen molar-refractivity contribution in [3.8, 4) is 0 Å². The maximum absolute atomic E-state index is 13.2. The van der Waals surface area contributed by atoms with Crippen LogP contribution in [0.2, 0.25) is 0 Å². The molecule has 0 saturated heterocycles. The van der Waals surface area contributed by atoms with Crippen molar-refractivity contribution in [1.82, 2.24) is 10.6 Å². The summed E-state index contributed by atoms with van der Waals surface area (Å²) in [4.78, 5) is 23.9. The second-order valence-corrected chi connectivity index (χ2v) is 10.4. The molecule has 34 heavy (non-hydrogen) atoms. The van der Waals surface area contributed by atoms with Crippen LogP contribution in [0.15, 0.2) is 47.4 Å². The molecule has 4 N–H and O–H groups in total. The second-order valence-electron chi connectivity index (χ2n) is 8.74. The van der Waals surface area contributed by atoms with Crippen molar-refractivity contribution >= 4 is 33.2 Å². The SMILES string of the molecule is CC(=O)NCCNC(=O)c1cc(NC2CCCCCC2)cc(S(=O)(=O)Nc2ccccc2C)c1. The number of aryl methyl sites for hydroxylation is 1. The topological polar surface area (TPSA) is 116 Å². The average Bonchev–Trinajstić information content (AvgIpc) is 3.06. The number of rotatable bonds is 9. The monoisotopic (exact) mass is 486 g/mol. The minimum atomic E-state index is -3.93. The van der Waals surface area contributed by atoms with Gasteiger partial charge in [-0.05, 0) is 49.6 Å². The number of carbonyl (C=O) groups is 2. The van der Waals surface area contributed by atoms with Crippen LogP contribution >= 0.6 is 0 Å². The van der Waals surface area contributed by atoms with Gasteiger partial charge in [0.25, 0.3) is 15.9 Å². The van der Waals surface area contributed by atoms with E-state index in [4.69, 9.17) is 0 Å². The summed E-state index contributed by atoms with van der Waals surface area (Å²) in [5.41, 5.74) is 2.14. The molecule has 2 amide bonds. The number of para-hydroxylation sites is 1. The van der Waals surface area contributed by atoms with E-state index >= 15 is 0 Å². The van der Waals surface area contributed by atoms with Crippen molar-refractivity contribution < 1.29 is 18.0 Å². The molecule has 1 aliphatic carbocycles. The van der Waals surface area contributed by atoms with Gasteiger partial charge in [-0.25, -0.2) is 8.42 Å². The summed E-state index contributed by atoms with van der Waals surface area (Å²) < 4.78 is 29.1. The fourth-order valence-corrected chi connectivity index (χ4v) is 5.24. The van der Waals surface area contributed by atoms with Gasteiger partial charge in [-0.15, -0.1) is 0 Å². The lowest BCUT2D eigenvalue weighted by atomic mass is 10.1. The quantitative estimate of drug-likeness (QED) is 0.318. The van der Waals surface area contributed by atoms with E-state index in [0.717, 1.165) is 31.2 Å². The van der Waals surface area contributed by atoms with Crippen molar-refractivity contribution in [2.45, 2.75) is 63.3 Å². The molecule has 1 fully saturated rings. The first kappa shape index (κ1) is 25.6. The Morgan fingerprint density at radius 1 is 0.941 bits per heavy atom. The first-order valence-electron chi connectivity index (χ1n) is 11.8. The molecular weight excluding hydrogens is 452 g/mol. The molecule has 8 nitrogen and oxygen atoms in total. The van der Waals surface area contributed by atoms with Crippen LogP contribution < -0.4 is 20.7 Å². The Morgan fingerprint density at radius 3 is 2.29 bits per heavy atom. The van der Waals surface area contributed by atoms with Crippen LogP contribution in [0.1, 0.15) is 61.4 Å². The van der Waals surface area contributed by atoms with Gasteiger partial charge in [-0.2, -0.15) is 0 Å². The zero-order valence-corrected chi connectivity index (χ0v) is 20.6. The molecule has 0 unspecified atom stereocenters. The highest BCUT2D eigenvalue weighted by molar-refractivity contribution is 7.92. The number of sulfonamides is 1. The lowest BCUT2D eigenvalue weighted by Crippen LogP contribution is -2.33. The fraction of sp³-hybridized carbons (Fsp3) is 0.440. The molecule has 1 aliphatic rings. The lowest BCUT2D eigenvalue weighted by molar-refractivity contribution is -0.118. The maximum Gasteiger partial charge on any atom is 0.262 e. The summed E-state index contributed by atoms with van der Waals surface area (Å²) in [5.74, 6) is -0.582. The highest BCUT2D eigenvalue weighted by atomic mass is 32.2. The summed E-state index contributed by atoms with van der Waals surface area (Å²) in [6, 6.07) is 12.0. The van der Waals surface area contributed by atoms with E-state index in [1.807, 2.05) is 19.1 Å². The first-order valence-corrected chi connectivity index (χ1v) is 13.3. The Kier molecular flexibility index (Phi) is 8.92. The maximum atomic E-state index is 13.2. The predicted molar refractivity (Wildman–Crippen MR) is 135 cm³/mol. The molecule has 0 aliphatic heterocycles.